The number of nitrogens with zero attached hydrogens (tertiary/aromatic N) is 1. The summed E-state index contributed by atoms with van der Waals surface area (Å²) in [5.74, 6) is -2.40. The Morgan fingerprint density at radius 2 is 2.20 bits per heavy atom. The van der Waals surface area contributed by atoms with Crippen molar-refractivity contribution >= 4 is 11.8 Å². The fourth-order valence-electron chi connectivity index (χ4n) is 2.20. The molecule has 0 aliphatic carbocycles. The van der Waals surface area contributed by atoms with Crippen LogP contribution in [-0.2, 0) is 16.0 Å². The van der Waals surface area contributed by atoms with Crippen molar-refractivity contribution in [1.82, 2.24) is 10.2 Å². The number of carbonyl (C=O) groups is 2. The summed E-state index contributed by atoms with van der Waals surface area (Å²) in [6.45, 7) is 0.581. The number of nitrogens with one attached hydrogen (secondary N) is 1. The largest absolute Gasteiger partial charge is 0.352 e. The number of piperidine rings is 1. The Morgan fingerprint density at radius 3 is 2.90 bits per heavy atom. The molecule has 1 atom stereocenters. The molecule has 108 valence electrons. The van der Waals surface area contributed by atoms with Crippen molar-refractivity contribution in [3.05, 3.63) is 35.4 Å². The van der Waals surface area contributed by atoms with Crippen LogP contribution in [0.2, 0.25) is 0 Å². The molecule has 0 bridgehead atoms. The number of halogens is 2. The van der Waals surface area contributed by atoms with Gasteiger partial charge in [-0.15, -0.1) is 0 Å². The van der Waals surface area contributed by atoms with Gasteiger partial charge in [0.15, 0.2) is 11.6 Å². The lowest BCUT2D eigenvalue weighted by Gasteiger charge is -2.29. The van der Waals surface area contributed by atoms with Gasteiger partial charge in [0.1, 0.15) is 0 Å². The summed E-state index contributed by atoms with van der Waals surface area (Å²) in [6.07, 6.45) is 0.678. The van der Waals surface area contributed by atoms with Crippen molar-refractivity contribution in [1.29, 1.82) is 0 Å². The molecule has 0 radical (unpaired) electrons. The molecular weight excluding hydrogens is 266 g/mol. The van der Waals surface area contributed by atoms with E-state index in [0.29, 0.717) is 13.0 Å². The number of benzene rings is 1. The first-order valence-electron chi connectivity index (χ1n) is 6.43. The molecule has 0 aromatic heterocycles. The average molecular weight is 282 g/mol. The molecule has 1 aliphatic heterocycles. The smallest absolute Gasteiger partial charge is 0.224 e. The van der Waals surface area contributed by atoms with E-state index in [2.05, 4.69) is 5.32 Å². The van der Waals surface area contributed by atoms with E-state index >= 15 is 0 Å². The van der Waals surface area contributed by atoms with E-state index in [1.54, 1.807) is 11.9 Å². The highest BCUT2D eigenvalue weighted by Gasteiger charge is 2.24. The molecule has 1 N–H and O–H groups in total. The molecule has 1 fully saturated rings. The molecule has 0 spiro atoms. The molecule has 2 rings (SSSR count). The monoisotopic (exact) mass is 282 g/mol. The van der Waals surface area contributed by atoms with E-state index < -0.39 is 17.5 Å². The summed E-state index contributed by atoms with van der Waals surface area (Å²) >= 11 is 0. The molecule has 6 heteroatoms. The molecule has 1 heterocycles. The minimum Gasteiger partial charge on any atom is -0.352 e. The maximum atomic E-state index is 13.4. The van der Waals surface area contributed by atoms with E-state index in [4.69, 9.17) is 0 Å². The molecular formula is C14H16F2N2O2. The third-order valence-electron chi connectivity index (χ3n) is 3.41. The predicted octanol–water partition coefficient (Wildman–Crippen LogP) is 1.24. The van der Waals surface area contributed by atoms with Crippen molar-refractivity contribution in [3.63, 3.8) is 0 Å². The Balaban J connectivity index is 1.93. The van der Waals surface area contributed by atoms with Gasteiger partial charge in [0.05, 0.1) is 6.42 Å². The van der Waals surface area contributed by atoms with E-state index in [-0.39, 0.29) is 30.4 Å². The summed E-state index contributed by atoms with van der Waals surface area (Å²) in [7, 11) is 1.71. The van der Waals surface area contributed by atoms with Crippen LogP contribution in [0, 0.1) is 11.6 Å². The third-order valence-corrected chi connectivity index (χ3v) is 3.41. The van der Waals surface area contributed by atoms with Crippen molar-refractivity contribution in [2.45, 2.75) is 25.3 Å². The Bertz CT molecular complexity index is 534. The van der Waals surface area contributed by atoms with E-state index in [0.717, 1.165) is 6.07 Å². The highest BCUT2D eigenvalue weighted by molar-refractivity contribution is 5.81. The number of carbonyl (C=O) groups excluding carboxylic acids is 2. The van der Waals surface area contributed by atoms with Gasteiger partial charge in [-0.2, -0.15) is 0 Å². The van der Waals surface area contributed by atoms with Crippen LogP contribution in [0.1, 0.15) is 18.4 Å². The molecule has 4 nitrogen and oxygen atoms in total. The van der Waals surface area contributed by atoms with Crippen LogP contribution in [0.25, 0.3) is 0 Å². The zero-order chi connectivity index (χ0) is 14.7. The van der Waals surface area contributed by atoms with Crippen molar-refractivity contribution in [3.8, 4) is 0 Å². The second-order valence-electron chi connectivity index (χ2n) is 4.96. The molecule has 1 aromatic rings. The number of likely N-dealkylation sites (tertiary alicyclic amines) is 1. The second-order valence-corrected chi connectivity index (χ2v) is 4.96. The molecule has 20 heavy (non-hydrogen) atoms. The average Bonchev–Trinajstić information content (AvgIpc) is 2.39. The topological polar surface area (TPSA) is 49.4 Å². The summed E-state index contributed by atoms with van der Waals surface area (Å²) in [5, 5.41) is 2.69. The van der Waals surface area contributed by atoms with Crippen LogP contribution in [-0.4, -0.2) is 36.3 Å². The molecule has 1 aliphatic rings. The first-order valence-corrected chi connectivity index (χ1v) is 6.43. The Hall–Kier alpha value is -1.98. The number of amides is 2. The SMILES string of the molecule is CN1CC[C@H](NC(=O)Cc2cccc(F)c2F)CC1=O. The standard InChI is InChI=1S/C14H16F2N2O2/c1-18-6-5-10(8-13(18)20)17-12(19)7-9-3-2-4-11(15)14(9)16/h2-4,10H,5-8H2,1H3,(H,17,19)/t10-/m0/s1. The van der Waals surface area contributed by atoms with Gasteiger partial charge in [0.2, 0.25) is 11.8 Å². The highest BCUT2D eigenvalue weighted by atomic mass is 19.2. The lowest BCUT2D eigenvalue weighted by atomic mass is 10.0. The number of rotatable bonds is 3. The molecule has 2 amide bonds. The minimum atomic E-state index is -0.998. The Kier molecular flexibility index (Phi) is 4.32. The summed E-state index contributed by atoms with van der Waals surface area (Å²) in [5.41, 5.74) is 0.0155. The normalized spacial score (nSPS) is 19.1. The van der Waals surface area contributed by atoms with Crippen molar-refractivity contribution in [2.75, 3.05) is 13.6 Å². The van der Waals surface area contributed by atoms with Crippen molar-refractivity contribution in [2.24, 2.45) is 0 Å². The van der Waals surface area contributed by atoms with Crippen LogP contribution in [0.5, 0.6) is 0 Å². The van der Waals surface area contributed by atoms with Crippen LogP contribution in [0.15, 0.2) is 18.2 Å². The van der Waals surface area contributed by atoms with Gasteiger partial charge >= 0.3 is 0 Å². The van der Waals surface area contributed by atoms with Crippen LogP contribution < -0.4 is 5.32 Å². The third kappa shape index (κ3) is 3.31. The zero-order valence-electron chi connectivity index (χ0n) is 11.2. The number of hydrogen-bond acceptors (Lipinski definition) is 2. The summed E-state index contributed by atoms with van der Waals surface area (Å²) in [6, 6.07) is 3.51. The number of hydrogen-bond donors (Lipinski definition) is 1. The van der Waals surface area contributed by atoms with E-state index in [1.807, 2.05) is 0 Å². The maximum absolute atomic E-state index is 13.4. The zero-order valence-corrected chi connectivity index (χ0v) is 11.2. The van der Waals surface area contributed by atoms with Gasteiger partial charge in [0, 0.05) is 31.6 Å². The molecule has 1 saturated heterocycles. The van der Waals surface area contributed by atoms with Crippen molar-refractivity contribution < 1.29 is 18.4 Å². The quantitative estimate of drug-likeness (QED) is 0.907. The molecule has 1 aromatic carbocycles. The minimum absolute atomic E-state index is 0.0155. The maximum Gasteiger partial charge on any atom is 0.224 e. The van der Waals surface area contributed by atoms with E-state index in [9.17, 15) is 18.4 Å². The van der Waals surface area contributed by atoms with Gasteiger partial charge in [-0.25, -0.2) is 8.78 Å². The van der Waals surface area contributed by atoms with Crippen LogP contribution in [0.4, 0.5) is 8.78 Å². The Morgan fingerprint density at radius 1 is 1.45 bits per heavy atom. The predicted molar refractivity (Wildman–Crippen MR) is 68.9 cm³/mol. The first kappa shape index (κ1) is 14.4. The fraction of sp³-hybridized carbons (Fsp3) is 0.429. The Labute approximate surface area is 115 Å². The second kappa shape index (κ2) is 5.98. The van der Waals surface area contributed by atoms with Gasteiger partial charge in [0.25, 0.3) is 0 Å². The van der Waals surface area contributed by atoms with E-state index in [1.165, 1.54) is 12.1 Å². The first-order chi connectivity index (χ1) is 9.47. The lowest BCUT2D eigenvalue weighted by Crippen LogP contribution is -2.46. The van der Waals surface area contributed by atoms with Gasteiger partial charge in [-0.05, 0) is 12.5 Å². The lowest BCUT2D eigenvalue weighted by molar-refractivity contribution is -0.133. The summed E-state index contributed by atoms with van der Waals surface area (Å²) < 4.78 is 26.5. The summed E-state index contributed by atoms with van der Waals surface area (Å²) in [4.78, 5) is 24.9. The van der Waals surface area contributed by atoms with Gasteiger partial charge in [-0.3, -0.25) is 9.59 Å². The molecule has 0 saturated carbocycles. The molecule has 0 unspecified atom stereocenters. The van der Waals surface area contributed by atoms with Crippen LogP contribution >= 0.6 is 0 Å². The van der Waals surface area contributed by atoms with Gasteiger partial charge < -0.3 is 10.2 Å². The fourth-order valence-corrected chi connectivity index (χ4v) is 2.20. The van der Waals surface area contributed by atoms with Gasteiger partial charge in [-0.1, -0.05) is 12.1 Å². The highest BCUT2D eigenvalue weighted by Crippen LogP contribution is 2.13. The van der Waals surface area contributed by atoms with Crippen LogP contribution in [0.3, 0.4) is 0 Å².